The number of pyridine rings is 1. The highest BCUT2D eigenvalue weighted by molar-refractivity contribution is 5.79. The maximum atomic E-state index is 12.0. The van der Waals surface area contributed by atoms with Gasteiger partial charge in [0.15, 0.2) is 0 Å². The third kappa shape index (κ3) is 5.96. The van der Waals surface area contributed by atoms with Crippen molar-refractivity contribution in [3.05, 3.63) is 53.3 Å². The molecule has 3 rings (SSSR count). The molecule has 1 aromatic carbocycles. The molecule has 0 saturated carbocycles. The van der Waals surface area contributed by atoms with E-state index < -0.39 is 6.04 Å². The van der Waals surface area contributed by atoms with Crippen LogP contribution >= 0.6 is 0 Å². The van der Waals surface area contributed by atoms with Gasteiger partial charge >= 0.3 is 0 Å². The summed E-state index contributed by atoms with van der Waals surface area (Å²) in [4.78, 5) is 21.0. The molecule has 0 unspecified atom stereocenters. The minimum absolute atomic E-state index is 0.141. The van der Waals surface area contributed by atoms with Crippen molar-refractivity contribution in [1.29, 1.82) is 0 Å². The smallest absolute Gasteiger partial charge is 0.259 e. The van der Waals surface area contributed by atoms with E-state index in [1.165, 1.54) is 0 Å². The van der Waals surface area contributed by atoms with Crippen LogP contribution < -0.4 is 5.32 Å². The van der Waals surface area contributed by atoms with Crippen molar-refractivity contribution in [2.45, 2.75) is 39.7 Å². The van der Waals surface area contributed by atoms with Crippen molar-refractivity contribution in [3.63, 3.8) is 0 Å². The van der Waals surface area contributed by atoms with E-state index in [4.69, 9.17) is 14.7 Å². The number of rotatable bonds is 9. The van der Waals surface area contributed by atoms with E-state index in [0.29, 0.717) is 17.6 Å². The highest BCUT2D eigenvalue weighted by Gasteiger charge is 2.14. The second-order valence-corrected chi connectivity index (χ2v) is 8.01. The summed E-state index contributed by atoms with van der Waals surface area (Å²) in [5, 5.41) is 24.7. The van der Waals surface area contributed by atoms with Gasteiger partial charge < -0.3 is 20.1 Å². The van der Waals surface area contributed by atoms with E-state index >= 15 is 0 Å². The highest BCUT2D eigenvalue weighted by Crippen LogP contribution is 2.24. The zero-order valence-electron chi connectivity index (χ0n) is 18.0. The molecule has 0 aliphatic heterocycles. The molecule has 0 bridgehead atoms. The Labute approximate surface area is 181 Å². The lowest BCUT2D eigenvalue weighted by Crippen LogP contribution is -2.40. The van der Waals surface area contributed by atoms with Gasteiger partial charge in [-0.25, -0.2) is 0 Å². The molecule has 3 N–H and O–H groups in total. The lowest BCUT2D eigenvalue weighted by atomic mass is 10.0. The van der Waals surface area contributed by atoms with Crippen LogP contribution in [0, 0.1) is 12.8 Å². The Hall–Kier alpha value is -3.10. The van der Waals surface area contributed by atoms with Gasteiger partial charge in [0.05, 0.1) is 31.2 Å². The molecular formula is C23H28N4O4. The Morgan fingerprint density at radius 3 is 2.45 bits per heavy atom. The quantitative estimate of drug-likeness (QED) is 0.482. The van der Waals surface area contributed by atoms with E-state index in [1.807, 2.05) is 37.3 Å². The summed E-state index contributed by atoms with van der Waals surface area (Å²) in [6, 6.07) is 8.62. The first kappa shape index (κ1) is 22.6. The molecule has 8 heteroatoms. The van der Waals surface area contributed by atoms with Crippen molar-refractivity contribution in [3.8, 4) is 22.8 Å². The molecule has 0 spiro atoms. The number of amides is 1. The lowest BCUT2D eigenvalue weighted by Gasteiger charge is -2.13. The van der Waals surface area contributed by atoms with E-state index in [2.05, 4.69) is 34.3 Å². The molecule has 3 aromatic rings. The van der Waals surface area contributed by atoms with Crippen molar-refractivity contribution in [2.24, 2.45) is 5.92 Å². The van der Waals surface area contributed by atoms with Crippen molar-refractivity contribution < 1.29 is 19.5 Å². The molecule has 0 aliphatic rings. The van der Waals surface area contributed by atoms with E-state index in [1.54, 1.807) is 6.20 Å². The summed E-state index contributed by atoms with van der Waals surface area (Å²) in [6.07, 6.45) is 2.82. The fraction of sp³-hybridized carbons (Fsp3) is 0.391. The zero-order chi connectivity index (χ0) is 22.4. The summed E-state index contributed by atoms with van der Waals surface area (Å²) < 4.78 is 5.43. The van der Waals surface area contributed by atoms with Crippen molar-refractivity contribution in [2.75, 3.05) is 13.2 Å². The first-order chi connectivity index (χ1) is 14.9. The molecule has 8 nitrogen and oxygen atoms in total. The molecular weight excluding hydrogens is 396 g/mol. The first-order valence-corrected chi connectivity index (χ1v) is 10.3. The summed E-state index contributed by atoms with van der Waals surface area (Å²) in [6.45, 7) is 5.74. The van der Waals surface area contributed by atoms with Crippen LogP contribution in [0.25, 0.3) is 22.8 Å². The Morgan fingerprint density at radius 2 is 1.84 bits per heavy atom. The summed E-state index contributed by atoms with van der Waals surface area (Å²) in [5.41, 5.74) is 4.50. The Morgan fingerprint density at radius 1 is 1.13 bits per heavy atom. The minimum atomic E-state index is -0.651. The molecule has 1 amide bonds. The van der Waals surface area contributed by atoms with E-state index in [9.17, 15) is 4.79 Å². The molecule has 2 heterocycles. The summed E-state index contributed by atoms with van der Waals surface area (Å²) >= 11 is 0. The highest BCUT2D eigenvalue weighted by atomic mass is 16.5. The maximum Gasteiger partial charge on any atom is 0.259 e. The molecule has 31 heavy (non-hydrogen) atoms. The van der Waals surface area contributed by atoms with Crippen LogP contribution in [0.5, 0.6) is 0 Å². The number of aliphatic hydroxyl groups is 2. The van der Waals surface area contributed by atoms with Crippen LogP contribution in [0.15, 0.2) is 41.1 Å². The van der Waals surface area contributed by atoms with Crippen LogP contribution in [-0.4, -0.2) is 50.5 Å². The van der Waals surface area contributed by atoms with Crippen LogP contribution in [0.2, 0.25) is 0 Å². The van der Waals surface area contributed by atoms with Crippen LogP contribution in [0.3, 0.4) is 0 Å². The van der Waals surface area contributed by atoms with Gasteiger partial charge in [0.1, 0.15) is 0 Å². The Balaban J connectivity index is 1.68. The van der Waals surface area contributed by atoms with Crippen LogP contribution in [0.4, 0.5) is 0 Å². The average Bonchev–Trinajstić information content (AvgIpc) is 3.24. The largest absolute Gasteiger partial charge is 0.394 e. The van der Waals surface area contributed by atoms with E-state index in [-0.39, 0.29) is 25.5 Å². The number of hydrogen-bond donors (Lipinski definition) is 3. The predicted molar refractivity (Wildman–Crippen MR) is 116 cm³/mol. The fourth-order valence-electron chi connectivity index (χ4n) is 3.16. The SMILES string of the molecule is Cc1cc(-c2nc(-c3ccc(CC(=O)NC(CO)CO)cc3)no2)cnc1CC(C)C. The molecule has 2 aromatic heterocycles. The number of benzene rings is 1. The summed E-state index contributed by atoms with van der Waals surface area (Å²) in [5.74, 6) is 1.12. The molecule has 0 saturated heterocycles. The number of carbonyl (C=O) groups is 1. The minimum Gasteiger partial charge on any atom is -0.394 e. The van der Waals surface area contributed by atoms with Crippen molar-refractivity contribution >= 4 is 5.91 Å². The fourth-order valence-corrected chi connectivity index (χ4v) is 3.16. The summed E-state index contributed by atoms with van der Waals surface area (Å²) in [7, 11) is 0. The number of carbonyl (C=O) groups excluding carboxylic acids is 1. The van der Waals surface area contributed by atoms with Gasteiger partial charge in [0, 0.05) is 17.5 Å². The number of nitrogens with zero attached hydrogens (tertiary/aromatic N) is 3. The third-order valence-electron chi connectivity index (χ3n) is 4.84. The number of aryl methyl sites for hydroxylation is 1. The monoisotopic (exact) mass is 424 g/mol. The molecule has 0 fully saturated rings. The van der Waals surface area contributed by atoms with Gasteiger partial charge in [-0.05, 0) is 36.5 Å². The normalized spacial score (nSPS) is 11.3. The standard InChI is InChI=1S/C23H28N4O4/c1-14(2)8-20-15(3)9-18(11-24-20)23-26-22(27-31-23)17-6-4-16(5-7-17)10-21(30)25-19(12-28)13-29/h4-7,9,11,14,19,28-29H,8,10,12-13H2,1-3H3,(H,25,30). The molecule has 0 aliphatic carbocycles. The van der Waals surface area contributed by atoms with Crippen LogP contribution in [-0.2, 0) is 17.6 Å². The first-order valence-electron chi connectivity index (χ1n) is 10.3. The molecule has 0 atom stereocenters. The van der Waals surface area contributed by atoms with Gasteiger partial charge in [0.2, 0.25) is 11.7 Å². The zero-order valence-corrected chi connectivity index (χ0v) is 18.0. The Kier molecular flexibility index (Phi) is 7.49. The van der Waals surface area contributed by atoms with Crippen LogP contribution in [0.1, 0.15) is 30.7 Å². The van der Waals surface area contributed by atoms with Gasteiger partial charge in [-0.15, -0.1) is 0 Å². The maximum absolute atomic E-state index is 12.0. The Bertz CT molecular complexity index is 1010. The number of aromatic nitrogens is 3. The number of aliphatic hydroxyl groups excluding tert-OH is 2. The third-order valence-corrected chi connectivity index (χ3v) is 4.84. The number of hydrogen-bond acceptors (Lipinski definition) is 7. The van der Waals surface area contributed by atoms with Gasteiger partial charge in [-0.3, -0.25) is 9.78 Å². The molecule has 164 valence electrons. The second kappa shape index (κ2) is 10.3. The van der Waals surface area contributed by atoms with Gasteiger partial charge in [-0.1, -0.05) is 43.3 Å². The number of nitrogens with one attached hydrogen (secondary N) is 1. The van der Waals surface area contributed by atoms with Gasteiger partial charge in [-0.2, -0.15) is 4.98 Å². The van der Waals surface area contributed by atoms with Crippen molar-refractivity contribution in [1.82, 2.24) is 20.4 Å². The second-order valence-electron chi connectivity index (χ2n) is 8.01. The topological polar surface area (TPSA) is 121 Å². The lowest BCUT2D eigenvalue weighted by molar-refractivity contribution is -0.121. The van der Waals surface area contributed by atoms with E-state index in [0.717, 1.165) is 34.4 Å². The van der Waals surface area contributed by atoms with Gasteiger partial charge in [0.25, 0.3) is 5.89 Å². The average molecular weight is 425 g/mol. The predicted octanol–water partition coefficient (Wildman–Crippen LogP) is 2.32. The molecule has 0 radical (unpaired) electrons.